The molecule has 0 heterocycles. The fraction of sp³-hybridized carbons (Fsp3) is 0.116. The smallest absolute Gasteiger partial charge is 0.212 e. The van der Waals surface area contributed by atoms with Crippen LogP contribution in [-0.4, -0.2) is 6.17 Å². The first-order valence-corrected chi connectivity index (χ1v) is 17.4. The molecule has 0 aromatic heterocycles. The Morgan fingerprint density at radius 2 is 0.587 bits per heavy atom. The molecular formula is C43H16F20. The SMILES string of the molecule is FC1=C(F)C(c2ccccc2)(C(c2c(F)c(F)c(F)c(F)c2F)(c2c(F)c(F)c(F)c(F)c2F)c2c(F)c(F)c(F)c(F)c2F)C(F)(c2ccccc2)C(F)(c2ccccc2)C1F. The maximum Gasteiger partial charge on any atom is 0.212 e. The van der Waals surface area contributed by atoms with Gasteiger partial charge in [0, 0.05) is 16.7 Å². The molecule has 0 radical (unpaired) electrons. The third-order valence-corrected chi connectivity index (χ3v) is 11.0. The van der Waals surface area contributed by atoms with Crippen molar-refractivity contribution in [3.8, 4) is 0 Å². The summed E-state index contributed by atoms with van der Waals surface area (Å²) in [5.41, 5.74) is -39.9. The number of halogens is 20. The predicted octanol–water partition coefficient (Wildman–Crippen LogP) is 13.3. The molecule has 20 heteroatoms. The van der Waals surface area contributed by atoms with Crippen molar-refractivity contribution in [3.05, 3.63) is 223 Å². The summed E-state index contributed by atoms with van der Waals surface area (Å²) >= 11 is 0. The summed E-state index contributed by atoms with van der Waals surface area (Å²) in [4.78, 5) is 0. The van der Waals surface area contributed by atoms with Gasteiger partial charge in [-0.1, -0.05) is 91.0 Å². The summed E-state index contributed by atoms with van der Waals surface area (Å²) in [7, 11) is 0. The molecule has 0 fully saturated rings. The molecule has 7 rings (SSSR count). The minimum absolute atomic E-state index is 0.0625. The third-order valence-electron chi connectivity index (χ3n) is 11.0. The quantitative estimate of drug-likeness (QED) is 0.0648. The molecular weight excluding hydrogens is 896 g/mol. The lowest BCUT2D eigenvalue weighted by Crippen LogP contribution is -2.72. The van der Waals surface area contributed by atoms with E-state index in [0.717, 1.165) is 18.2 Å². The van der Waals surface area contributed by atoms with Gasteiger partial charge >= 0.3 is 0 Å². The van der Waals surface area contributed by atoms with Gasteiger partial charge in [-0.15, -0.1) is 0 Å². The van der Waals surface area contributed by atoms with E-state index in [0.29, 0.717) is 48.5 Å². The van der Waals surface area contributed by atoms with Crippen LogP contribution in [0.2, 0.25) is 0 Å². The molecule has 0 aliphatic heterocycles. The summed E-state index contributed by atoms with van der Waals surface area (Å²) in [6.07, 6.45) is -4.57. The molecule has 63 heavy (non-hydrogen) atoms. The molecule has 328 valence electrons. The molecule has 4 unspecified atom stereocenters. The van der Waals surface area contributed by atoms with Crippen LogP contribution in [0.5, 0.6) is 0 Å². The molecule has 0 spiro atoms. The molecule has 4 atom stereocenters. The van der Waals surface area contributed by atoms with Crippen molar-refractivity contribution >= 4 is 0 Å². The molecule has 0 N–H and O–H groups in total. The zero-order valence-electron chi connectivity index (χ0n) is 30.3. The Morgan fingerprint density at radius 3 is 0.889 bits per heavy atom. The van der Waals surface area contributed by atoms with Gasteiger partial charge in [-0.3, -0.25) is 0 Å². The minimum Gasteiger partial charge on any atom is -0.235 e. The van der Waals surface area contributed by atoms with Crippen molar-refractivity contribution in [3.63, 3.8) is 0 Å². The molecule has 6 aromatic rings. The maximum atomic E-state index is 20.3. The summed E-state index contributed by atoms with van der Waals surface area (Å²) in [5, 5.41) is 0. The first-order valence-electron chi connectivity index (χ1n) is 17.4. The van der Waals surface area contributed by atoms with Crippen LogP contribution in [0.25, 0.3) is 0 Å². The number of allylic oxidation sites excluding steroid dienone is 2. The van der Waals surface area contributed by atoms with Gasteiger partial charge in [0.15, 0.2) is 93.3 Å². The van der Waals surface area contributed by atoms with E-state index in [4.69, 9.17) is 0 Å². The molecule has 0 saturated carbocycles. The Kier molecular flexibility index (Phi) is 10.8. The van der Waals surface area contributed by atoms with Gasteiger partial charge in [0.05, 0.1) is 5.41 Å². The Hall–Kier alpha value is -6.34. The molecule has 1 aliphatic carbocycles. The molecule has 1 aliphatic rings. The number of alkyl halides is 3. The van der Waals surface area contributed by atoms with Crippen LogP contribution in [0, 0.1) is 87.3 Å². The van der Waals surface area contributed by atoms with Gasteiger partial charge in [0.25, 0.3) is 0 Å². The van der Waals surface area contributed by atoms with Crippen molar-refractivity contribution in [2.24, 2.45) is 0 Å². The lowest BCUT2D eigenvalue weighted by Gasteiger charge is -2.62. The minimum atomic E-state index is -6.37. The maximum absolute atomic E-state index is 20.3. The Labute approximate surface area is 339 Å². The van der Waals surface area contributed by atoms with Crippen LogP contribution in [0.1, 0.15) is 33.4 Å². The third kappa shape index (κ3) is 5.38. The second kappa shape index (κ2) is 15.2. The van der Waals surface area contributed by atoms with Crippen molar-refractivity contribution in [2.75, 3.05) is 0 Å². The van der Waals surface area contributed by atoms with E-state index < -0.39 is 161 Å². The molecule has 0 bridgehead atoms. The standard InChI is InChI=1S/C43H16F20/c44-22-19(23(45)29(51)34(56)28(22)50)40(20-24(46)30(52)35(57)31(53)25(20)47,21-26(48)32(54)36(58)33(55)27(21)49)41(16-10-4-1-5-11-16)38(60)37(59)39(61)42(62,17-12-6-2-7-13-17)43(41,63)18-14-8-3-9-15-18/h1-15,39H. The normalized spacial score (nSPS) is 21.6. The highest BCUT2D eigenvalue weighted by molar-refractivity contribution is 5.69. The Morgan fingerprint density at radius 1 is 0.333 bits per heavy atom. The van der Waals surface area contributed by atoms with Crippen LogP contribution in [-0.2, 0) is 22.2 Å². The second-order valence-corrected chi connectivity index (χ2v) is 13.8. The number of benzene rings is 6. The van der Waals surface area contributed by atoms with Gasteiger partial charge < -0.3 is 0 Å². The Bertz CT molecular complexity index is 2610. The van der Waals surface area contributed by atoms with Gasteiger partial charge in [-0.25, -0.2) is 87.8 Å². The van der Waals surface area contributed by atoms with Crippen LogP contribution < -0.4 is 0 Å². The molecule has 0 amide bonds. The van der Waals surface area contributed by atoms with Crippen molar-refractivity contribution in [1.29, 1.82) is 0 Å². The first-order chi connectivity index (χ1) is 29.6. The first kappa shape index (κ1) is 44.7. The van der Waals surface area contributed by atoms with Crippen molar-refractivity contribution in [2.45, 2.75) is 28.3 Å². The highest BCUT2D eigenvalue weighted by atomic mass is 19.2. The van der Waals surface area contributed by atoms with E-state index >= 15 is 74.6 Å². The zero-order valence-corrected chi connectivity index (χ0v) is 30.3. The number of hydrogen-bond acceptors (Lipinski definition) is 0. The predicted molar refractivity (Wildman–Crippen MR) is 179 cm³/mol. The Balaban J connectivity index is 2.09. The molecule has 0 nitrogen and oxygen atoms in total. The van der Waals surface area contributed by atoms with E-state index in [1.165, 1.54) is 0 Å². The summed E-state index contributed by atoms with van der Waals surface area (Å²) in [6, 6.07) is 7.43. The van der Waals surface area contributed by atoms with Crippen LogP contribution >= 0.6 is 0 Å². The number of rotatable bonds is 7. The van der Waals surface area contributed by atoms with E-state index in [-0.39, 0.29) is 24.3 Å². The fourth-order valence-corrected chi connectivity index (χ4v) is 8.58. The van der Waals surface area contributed by atoms with Gasteiger partial charge in [-0.2, -0.15) is 0 Å². The number of hydrogen-bond donors (Lipinski definition) is 0. The highest BCUT2D eigenvalue weighted by Gasteiger charge is 2.84. The second-order valence-electron chi connectivity index (χ2n) is 13.8. The van der Waals surface area contributed by atoms with Crippen molar-refractivity contribution < 1.29 is 87.8 Å². The lowest BCUT2D eigenvalue weighted by molar-refractivity contribution is -0.166. The van der Waals surface area contributed by atoms with Crippen molar-refractivity contribution in [1.82, 2.24) is 0 Å². The monoisotopic (exact) mass is 912 g/mol. The summed E-state index contributed by atoms with van der Waals surface area (Å²) in [6.45, 7) is 0. The average molecular weight is 913 g/mol. The highest BCUT2D eigenvalue weighted by Crippen LogP contribution is 2.75. The zero-order chi connectivity index (χ0) is 46.5. The largest absolute Gasteiger partial charge is 0.235 e. The van der Waals surface area contributed by atoms with Gasteiger partial charge in [0.2, 0.25) is 23.1 Å². The molecule has 0 saturated heterocycles. The van der Waals surface area contributed by atoms with Gasteiger partial charge in [-0.05, 0) is 16.7 Å². The fourth-order valence-electron chi connectivity index (χ4n) is 8.58. The van der Waals surface area contributed by atoms with E-state index in [1.807, 2.05) is 0 Å². The average Bonchev–Trinajstić information content (AvgIpc) is 3.29. The topological polar surface area (TPSA) is 0 Å². The van der Waals surface area contributed by atoms with E-state index in [2.05, 4.69) is 0 Å². The summed E-state index contributed by atoms with van der Waals surface area (Å²) < 4.78 is 333. The summed E-state index contributed by atoms with van der Waals surface area (Å²) in [5.74, 6) is -61.4. The van der Waals surface area contributed by atoms with Crippen LogP contribution in [0.15, 0.2) is 103 Å². The lowest BCUT2D eigenvalue weighted by atomic mass is 9.40. The molecule has 6 aromatic carbocycles. The van der Waals surface area contributed by atoms with Crippen LogP contribution in [0.4, 0.5) is 87.8 Å². The van der Waals surface area contributed by atoms with E-state index in [9.17, 15) is 13.2 Å². The van der Waals surface area contributed by atoms with Gasteiger partial charge in [0.1, 0.15) is 5.41 Å². The van der Waals surface area contributed by atoms with E-state index in [1.54, 1.807) is 0 Å². The van der Waals surface area contributed by atoms with Crippen LogP contribution in [0.3, 0.4) is 0 Å².